The van der Waals surface area contributed by atoms with E-state index in [2.05, 4.69) is 15.1 Å². The molecule has 0 aromatic carbocycles. The van der Waals surface area contributed by atoms with E-state index < -0.39 is 0 Å². The highest BCUT2D eigenvalue weighted by molar-refractivity contribution is 6.18. The number of hydrogen-bond donors (Lipinski definition) is 1. The number of esters is 1. The normalized spacial score (nSPS) is 11.8. The Hall–Kier alpha value is -1.00. The summed E-state index contributed by atoms with van der Waals surface area (Å²) in [4.78, 5) is 15.7. The highest BCUT2D eigenvalue weighted by atomic mass is 35.5. The lowest BCUT2D eigenvalue weighted by atomic mass is 10.2. The van der Waals surface area contributed by atoms with E-state index in [-0.39, 0.29) is 5.97 Å². The lowest BCUT2D eigenvalue weighted by Crippen LogP contribution is -2.05. The Balaban J connectivity index is 4.24. The predicted octanol–water partition coefficient (Wildman–Crippen LogP) is 1.38. The van der Waals surface area contributed by atoms with Crippen LogP contribution in [0.2, 0.25) is 0 Å². The second-order valence-corrected chi connectivity index (χ2v) is 2.68. The van der Waals surface area contributed by atoms with Crippen LogP contribution in [0.25, 0.3) is 0 Å². The third-order valence-corrected chi connectivity index (χ3v) is 1.58. The minimum atomic E-state index is -0.368. The van der Waals surface area contributed by atoms with Gasteiger partial charge >= 0.3 is 5.97 Å². The molecule has 4 nitrogen and oxygen atoms in total. The first-order chi connectivity index (χ1) is 6.76. The van der Waals surface area contributed by atoms with Gasteiger partial charge in [-0.15, -0.1) is 11.6 Å². The number of nitrogens with one attached hydrogen (secondary N) is 1. The van der Waals surface area contributed by atoms with Gasteiger partial charge in [-0.05, 0) is 12.5 Å². The molecule has 0 amide bonds. The van der Waals surface area contributed by atoms with Crippen molar-refractivity contribution in [3.05, 3.63) is 23.9 Å². The Labute approximate surface area is 88.5 Å². The van der Waals surface area contributed by atoms with Crippen molar-refractivity contribution in [2.75, 3.05) is 20.1 Å². The van der Waals surface area contributed by atoms with Gasteiger partial charge in [-0.2, -0.15) is 0 Å². The molecule has 5 heteroatoms. The second kappa shape index (κ2) is 8.59. The zero-order chi connectivity index (χ0) is 10.8. The van der Waals surface area contributed by atoms with Crippen molar-refractivity contribution < 1.29 is 14.4 Å². The topological polar surface area (TPSA) is 47.6 Å². The van der Waals surface area contributed by atoms with Crippen LogP contribution in [-0.4, -0.2) is 26.1 Å². The van der Waals surface area contributed by atoms with E-state index in [0.29, 0.717) is 17.9 Å². The molecule has 0 aromatic rings. The maximum atomic E-state index is 11.1. The van der Waals surface area contributed by atoms with Crippen LogP contribution < -0.4 is 5.48 Å². The molecule has 0 aliphatic carbocycles. The lowest BCUT2D eigenvalue weighted by Gasteiger charge is -2.01. The van der Waals surface area contributed by atoms with Gasteiger partial charge in [0.2, 0.25) is 0 Å². The fourth-order valence-electron chi connectivity index (χ4n) is 0.758. The maximum Gasteiger partial charge on any atom is 0.333 e. The van der Waals surface area contributed by atoms with Crippen LogP contribution in [0, 0.1) is 0 Å². The highest BCUT2D eigenvalue weighted by Crippen LogP contribution is 2.05. The highest BCUT2D eigenvalue weighted by Gasteiger charge is 2.06. The Morgan fingerprint density at radius 2 is 2.21 bits per heavy atom. The zero-order valence-electron chi connectivity index (χ0n) is 8.25. The maximum absolute atomic E-state index is 11.1. The summed E-state index contributed by atoms with van der Waals surface area (Å²) < 4.78 is 4.57. The summed E-state index contributed by atoms with van der Waals surface area (Å²) in [6, 6.07) is 0. The molecule has 0 heterocycles. The lowest BCUT2D eigenvalue weighted by molar-refractivity contribution is -0.136. The summed E-state index contributed by atoms with van der Waals surface area (Å²) >= 11 is 5.52. The molecule has 0 radical (unpaired) electrons. The van der Waals surface area contributed by atoms with Crippen LogP contribution in [0.5, 0.6) is 0 Å². The number of ether oxygens (including phenoxy) is 1. The number of alkyl halides is 1. The van der Waals surface area contributed by atoms with E-state index in [1.807, 2.05) is 0 Å². The third kappa shape index (κ3) is 5.61. The van der Waals surface area contributed by atoms with Crippen molar-refractivity contribution in [3.8, 4) is 0 Å². The molecule has 0 saturated heterocycles. The van der Waals surface area contributed by atoms with Crippen LogP contribution in [0.15, 0.2) is 23.9 Å². The number of hydroxylamine groups is 1. The molecular formula is C9H14ClNO3. The van der Waals surface area contributed by atoms with Gasteiger partial charge < -0.3 is 4.74 Å². The van der Waals surface area contributed by atoms with Crippen molar-refractivity contribution in [2.45, 2.75) is 6.42 Å². The summed E-state index contributed by atoms with van der Waals surface area (Å²) in [5, 5.41) is 0. The Morgan fingerprint density at radius 1 is 1.50 bits per heavy atom. The van der Waals surface area contributed by atoms with E-state index in [1.165, 1.54) is 14.2 Å². The van der Waals surface area contributed by atoms with Gasteiger partial charge in [-0.3, -0.25) is 10.3 Å². The quantitative estimate of drug-likeness (QED) is 0.241. The largest absolute Gasteiger partial charge is 0.466 e. The molecule has 0 rings (SSSR count). The summed E-state index contributed by atoms with van der Waals surface area (Å²) in [5.41, 5.74) is 3.02. The van der Waals surface area contributed by atoms with Crippen molar-refractivity contribution in [3.63, 3.8) is 0 Å². The van der Waals surface area contributed by atoms with Crippen molar-refractivity contribution in [2.24, 2.45) is 0 Å². The molecule has 0 bridgehead atoms. The molecule has 0 aliphatic rings. The van der Waals surface area contributed by atoms with Crippen molar-refractivity contribution in [1.29, 1.82) is 0 Å². The average molecular weight is 220 g/mol. The molecule has 0 aliphatic heterocycles. The molecule has 0 spiro atoms. The van der Waals surface area contributed by atoms with Crippen molar-refractivity contribution >= 4 is 17.6 Å². The van der Waals surface area contributed by atoms with E-state index in [4.69, 9.17) is 11.6 Å². The minimum absolute atomic E-state index is 0.368. The van der Waals surface area contributed by atoms with Gasteiger partial charge in [0.15, 0.2) is 0 Å². The SMILES string of the molecule is CON/C=C\C=C(/CCCl)C(=O)OC. The molecule has 0 fully saturated rings. The number of carbonyl (C=O) groups excluding carboxylic acids is 1. The van der Waals surface area contributed by atoms with Gasteiger partial charge in [0, 0.05) is 17.7 Å². The fourth-order valence-corrected chi connectivity index (χ4v) is 0.962. The number of allylic oxidation sites excluding steroid dienone is 2. The molecule has 80 valence electrons. The summed E-state index contributed by atoms with van der Waals surface area (Å²) in [6.45, 7) is 0. The van der Waals surface area contributed by atoms with Crippen molar-refractivity contribution in [1.82, 2.24) is 5.48 Å². The average Bonchev–Trinajstić information content (AvgIpc) is 2.21. The monoisotopic (exact) mass is 219 g/mol. The number of methoxy groups -OCH3 is 1. The molecule has 0 saturated carbocycles. The Kier molecular flexibility index (Phi) is 7.98. The standard InChI is InChI=1S/C9H14ClNO3/c1-13-9(12)8(5-6-10)4-3-7-11-14-2/h3-4,7,11H,5-6H2,1-2H3/b7-3-,8-4+. The van der Waals surface area contributed by atoms with E-state index >= 15 is 0 Å². The molecule has 14 heavy (non-hydrogen) atoms. The molecule has 1 N–H and O–H groups in total. The predicted molar refractivity (Wildman–Crippen MR) is 54.7 cm³/mol. The van der Waals surface area contributed by atoms with Gasteiger partial charge in [0.05, 0.1) is 14.2 Å². The second-order valence-electron chi connectivity index (χ2n) is 2.30. The van der Waals surface area contributed by atoms with Gasteiger partial charge in [0.25, 0.3) is 0 Å². The molecular weight excluding hydrogens is 206 g/mol. The van der Waals surface area contributed by atoms with E-state index in [0.717, 1.165) is 0 Å². The number of halogens is 1. The zero-order valence-corrected chi connectivity index (χ0v) is 9.00. The number of carbonyl (C=O) groups is 1. The first-order valence-corrected chi connectivity index (χ1v) is 4.58. The van der Waals surface area contributed by atoms with Crippen LogP contribution in [0.3, 0.4) is 0 Å². The van der Waals surface area contributed by atoms with Gasteiger partial charge in [-0.25, -0.2) is 4.79 Å². The van der Waals surface area contributed by atoms with Crippen LogP contribution in [0.4, 0.5) is 0 Å². The smallest absolute Gasteiger partial charge is 0.333 e. The minimum Gasteiger partial charge on any atom is -0.466 e. The van der Waals surface area contributed by atoms with Gasteiger partial charge in [-0.1, -0.05) is 6.08 Å². The summed E-state index contributed by atoms with van der Waals surface area (Å²) in [6.07, 6.45) is 5.30. The summed E-state index contributed by atoms with van der Waals surface area (Å²) in [7, 11) is 2.83. The first kappa shape index (κ1) is 13.0. The van der Waals surface area contributed by atoms with Crippen LogP contribution in [-0.2, 0) is 14.4 Å². The van der Waals surface area contributed by atoms with E-state index in [9.17, 15) is 4.79 Å². The Bertz CT molecular complexity index is 226. The Morgan fingerprint density at radius 3 is 2.71 bits per heavy atom. The third-order valence-electron chi connectivity index (χ3n) is 1.39. The van der Waals surface area contributed by atoms with Crippen LogP contribution in [0.1, 0.15) is 6.42 Å². The number of rotatable bonds is 6. The first-order valence-electron chi connectivity index (χ1n) is 4.04. The molecule has 0 unspecified atom stereocenters. The number of hydrogen-bond acceptors (Lipinski definition) is 4. The van der Waals surface area contributed by atoms with E-state index in [1.54, 1.807) is 18.4 Å². The molecule has 0 aromatic heterocycles. The van der Waals surface area contributed by atoms with Crippen LogP contribution >= 0.6 is 11.6 Å². The fraction of sp³-hybridized carbons (Fsp3) is 0.444. The molecule has 0 atom stereocenters. The van der Waals surface area contributed by atoms with Gasteiger partial charge in [0.1, 0.15) is 0 Å². The summed E-state index contributed by atoms with van der Waals surface area (Å²) in [5.74, 6) is 0.0136.